The van der Waals surface area contributed by atoms with Crippen molar-refractivity contribution in [2.75, 3.05) is 0 Å². The molecule has 0 saturated heterocycles. The Morgan fingerprint density at radius 1 is 0.632 bits per heavy atom. The third-order valence-corrected chi connectivity index (χ3v) is 6.81. The van der Waals surface area contributed by atoms with Gasteiger partial charge in [-0.25, -0.2) is 0 Å². The van der Waals surface area contributed by atoms with E-state index in [9.17, 15) is 0 Å². The molecule has 0 aliphatic heterocycles. The second-order valence-electron chi connectivity index (χ2n) is 11.4. The van der Waals surface area contributed by atoms with Crippen LogP contribution in [0.25, 0.3) is 0 Å². The molecule has 4 rings (SSSR count). The van der Waals surface area contributed by atoms with Gasteiger partial charge in [-0.3, -0.25) is 0 Å². The first-order valence-corrected chi connectivity index (χ1v) is 25.3. The van der Waals surface area contributed by atoms with Crippen molar-refractivity contribution in [3.63, 3.8) is 0 Å². The van der Waals surface area contributed by atoms with Crippen molar-refractivity contribution in [1.82, 2.24) is 0 Å². The molecule has 0 N–H and O–H groups in total. The zero-order valence-electron chi connectivity index (χ0n) is 25.6. The van der Waals surface area contributed by atoms with Crippen LogP contribution in [0.15, 0.2) is 81.0 Å². The average molecular weight is 740 g/mol. The van der Waals surface area contributed by atoms with Crippen LogP contribution in [0.3, 0.4) is 0 Å². The molecule has 0 saturated carbocycles. The zero-order chi connectivity index (χ0) is 27.8. The summed E-state index contributed by atoms with van der Waals surface area (Å²) in [6.45, 7) is 27.1. The maximum atomic E-state index is 3.61. The number of hydrogen-bond donors (Lipinski definition) is 0. The van der Waals surface area contributed by atoms with Gasteiger partial charge in [0.25, 0.3) is 0 Å². The Kier molecular flexibility index (Phi) is 19.6. The fourth-order valence-electron chi connectivity index (χ4n) is 4.22. The molecule has 0 aromatic heterocycles. The van der Waals surface area contributed by atoms with Gasteiger partial charge >= 0.3 is 83.7 Å². The summed E-state index contributed by atoms with van der Waals surface area (Å²) in [5.74, 6) is 0. The molecule has 0 fully saturated rings. The van der Waals surface area contributed by atoms with E-state index in [0.29, 0.717) is 0 Å². The Balaban J connectivity index is 0. The molecule has 0 aromatic rings. The zero-order valence-corrected chi connectivity index (χ0v) is 34.1. The van der Waals surface area contributed by atoms with Crippen molar-refractivity contribution < 1.29 is 71.5 Å². The van der Waals surface area contributed by atoms with Crippen molar-refractivity contribution in [2.45, 2.75) is 94.4 Å². The van der Waals surface area contributed by atoms with Gasteiger partial charge in [0.2, 0.25) is 0 Å². The summed E-state index contributed by atoms with van der Waals surface area (Å²) in [4.78, 5) is 0. The molecule has 0 heterocycles. The van der Waals surface area contributed by atoms with E-state index in [1.54, 1.807) is 46.7 Å². The van der Waals surface area contributed by atoms with E-state index in [2.05, 4.69) is 130 Å². The van der Waals surface area contributed by atoms with Crippen molar-refractivity contribution in [2.24, 2.45) is 10.8 Å². The van der Waals surface area contributed by atoms with Crippen molar-refractivity contribution in [3.8, 4) is 0 Å². The molecule has 0 atom stereocenters. The normalized spacial score (nSPS) is 19.2. The van der Waals surface area contributed by atoms with Gasteiger partial charge < -0.3 is 24.8 Å². The van der Waals surface area contributed by atoms with Gasteiger partial charge in [0.15, 0.2) is 0 Å². The molecular formula is C32H46Cl2Si2Zr2-4. The van der Waals surface area contributed by atoms with Crippen molar-refractivity contribution >= 4 is 10.9 Å². The maximum absolute atomic E-state index is 3.61. The predicted octanol–water partition coefficient (Wildman–Crippen LogP) is 3.53. The molecule has 0 bridgehead atoms. The van der Waals surface area contributed by atoms with E-state index in [-0.39, 0.29) is 46.5 Å². The molecular weight excluding hydrogens is 694 g/mol. The van der Waals surface area contributed by atoms with Gasteiger partial charge in [-0.2, -0.15) is 34.4 Å². The number of hydrogen-bond acceptors (Lipinski definition) is 0. The van der Waals surface area contributed by atoms with E-state index < -0.39 is 0 Å². The summed E-state index contributed by atoms with van der Waals surface area (Å²) in [7, 11) is 0. The Morgan fingerprint density at radius 2 is 0.895 bits per heavy atom. The van der Waals surface area contributed by atoms with E-state index in [1.165, 1.54) is 44.6 Å². The molecule has 0 nitrogen and oxygen atoms in total. The monoisotopic (exact) mass is 736 g/mol. The molecule has 0 spiro atoms. The number of halogens is 2. The largest absolute Gasteiger partial charge is 1.00 e. The van der Waals surface area contributed by atoms with Gasteiger partial charge in [0.1, 0.15) is 0 Å². The van der Waals surface area contributed by atoms with Crippen LogP contribution in [0, 0.1) is 23.0 Å². The predicted molar refractivity (Wildman–Crippen MR) is 156 cm³/mol. The molecule has 0 radical (unpaired) electrons. The van der Waals surface area contributed by atoms with Crippen LogP contribution < -0.4 is 24.8 Å². The summed E-state index contributed by atoms with van der Waals surface area (Å²) in [6.07, 6.45) is 22.5. The molecule has 0 amide bonds. The average Bonchev–Trinajstić information content (AvgIpc) is 3.52. The molecule has 0 aromatic carbocycles. The van der Waals surface area contributed by atoms with Gasteiger partial charge in [-0.15, -0.1) is 34.4 Å². The Hall–Kier alpha value is 0.700. The SMILES string of the molecule is CC1=C(C)C(C)(C)[C-]=C1C1=CC=CC1.CC1=C(C)C(C)(C)[C-]=C1C1=CC=CC1.C[Si](C)=[Zr].C[Si](C)=[Zr].[Cl-].[Cl-]. The Labute approximate surface area is 278 Å². The van der Waals surface area contributed by atoms with Gasteiger partial charge in [-0.05, 0) is 0 Å². The van der Waals surface area contributed by atoms with Crippen LogP contribution in [0.1, 0.15) is 68.2 Å². The van der Waals surface area contributed by atoms with E-state index in [0.717, 1.165) is 12.8 Å². The molecule has 6 heteroatoms. The van der Waals surface area contributed by atoms with E-state index in [4.69, 9.17) is 0 Å². The maximum Gasteiger partial charge on any atom is -1.00 e. The fraction of sp³-hybridized carbons (Fsp3) is 0.500. The van der Waals surface area contributed by atoms with Crippen molar-refractivity contribution in [1.29, 1.82) is 0 Å². The first-order valence-electron chi connectivity index (χ1n) is 12.9. The first-order chi connectivity index (χ1) is 16.5. The Bertz CT molecular complexity index is 1040. The standard InChI is InChI=1S/2C14H17.2C2H6Si.2ClH.2Zr/c2*1-10-11(2)14(3,4)9-13(10)12-7-5-6-8-12;2*1-3-2;;;;/h2*5-7H,8H2,1-4H3;2*1-2H3;2*1H;;/q2*-1;;;;;;/p-2. The minimum Gasteiger partial charge on any atom is -1.00 e. The van der Waals surface area contributed by atoms with Crippen LogP contribution in [-0.4, -0.2) is 10.9 Å². The minimum absolute atomic E-state index is 0. The quantitative estimate of drug-likeness (QED) is 0.301. The molecule has 0 unspecified atom stereocenters. The van der Waals surface area contributed by atoms with Crippen molar-refractivity contribution in [3.05, 3.63) is 93.2 Å². The molecule has 38 heavy (non-hydrogen) atoms. The summed E-state index contributed by atoms with van der Waals surface area (Å²) in [6, 6.07) is 0. The second kappa shape index (κ2) is 18.3. The third-order valence-electron chi connectivity index (χ3n) is 6.81. The van der Waals surface area contributed by atoms with Gasteiger partial charge in [0, 0.05) is 0 Å². The number of allylic oxidation sites excluding steroid dienone is 16. The van der Waals surface area contributed by atoms with Crippen LogP contribution in [0.2, 0.25) is 26.2 Å². The second-order valence-corrected chi connectivity index (χ2v) is 30.1. The summed E-state index contributed by atoms with van der Waals surface area (Å²) < 4.78 is 0. The molecule has 208 valence electrons. The molecule has 4 aliphatic carbocycles. The molecule has 4 aliphatic rings. The smallest absolute Gasteiger partial charge is 1.00 e. The fourth-order valence-corrected chi connectivity index (χ4v) is 4.22. The first kappa shape index (κ1) is 40.8. The van der Waals surface area contributed by atoms with Crippen LogP contribution >= 0.6 is 0 Å². The summed E-state index contributed by atoms with van der Waals surface area (Å²) >= 11 is 3.48. The van der Waals surface area contributed by atoms with Gasteiger partial charge in [-0.1, -0.05) is 103 Å². The van der Waals surface area contributed by atoms with Crippen LogP contribution in [0.4, 0.5) is 0 Å². The van der Waals surface area contributed by atoms with E-state index in [1.807, 2.05) is 0 Å². The number of rotatable bonds is 2. The van der Waals surface area contributed by atoms with Crippen LogP contribution in [-0.2, 0) is 46.7 Å². The van der Waals surface area contributed by atoms with Gasteiger partial charge in [0.05, 0.1) is 0 Å². The van der Waals surface area contributed by atoms with Crippen LogP contribution in [0.5, 0.6) is 0 Å². The topological polar surface area (TPSA) is 0 Å². The third kappa shape index (κ3) is 12.7. The minimum atomic E-state index is 0. The summed E-state index contributed by atoms with van der Waals surface area (Å²) in [5.41, 5.74) is 12.0. The summed E-state index contributed by atoms with van der Waals surface area (Å²) in [5, 5.41) is 0. The Morgan fingerprint density at radius 3 is 1.05 bits per heavy atom. The van der Waals surface area contributed by atoms with E-state index >= 15 is 0 Å².